The predicted molar refractivity (Wildman–Crippen MR) is 102 cm³/mol. The van der Waals surface area contributed by atoms with Gasteiger partial charge >= 0.3 is 0 Å². The highest BCUT2D eigenvalue weighted by Crippen LogP contribution is 2.35. The van der Waals surface area contributed by atoms with Gasteiger partial charge in [-0.15, -0.1) is 0 Å². The predicted octanol–water partition coefficient (Wildman–Crippen LogP) is 2.63. The topological polar surface area (TPSA) is 102 Å². The minimum Gasteiger partial charge on any atom is -0.454 e. The van der Waals surface area contributed by atoms with Crippen LogP contribution >= 0.6 is 11.6 Å². The molecule has 8 nitrogen and oxygen atoms in total. The fourth-order valence-corrected chi connectivity index (χ4v) is 5.09. The molecule has 1 atom stereocenters. The standard InChI is InChI=1S/C18H15ClN2O6S/c1-10-8-28(24,25)21(18(10)23)12-3-4-14(19)13(7-12)17(22)20-11-2-5-15-16(6-11)27-9-26-15/h2-7,10H,8-9H2,1H3,(H,20,22). The molecule has 10 heteroatoms. The van der Waals surface area contributed by atoms with E-state index in [-0.39, 0.29) is 28.8 Å². The van der Waals surface area contributed by atoms with Crippen LogP contribution in [0.2, 0.25) is 5.02 Å². The Morgan fingerprint density at radius 3 is 2.64 bits per heavy atom. The number of halogens is 1. The molecule has 0 aromatic heterocycles. The first-order chi connectivity index (χ1) is 13.3. The van der Waals surface area contributed by atoms with Gasteiger partial charge in [-0.25, -0.2) is 12.7 Å². The lowest BCUT2D eigenvalue weighted by atomic mass is 10.1. The van der Waals surface area contributed by atoms with Crippen LogP contribution in [0.5, 0.6) is 11.5 Å². The summed E-state index contributed by atoms with van der Waals surface area (Å²) in [6.45, 7) is 1.65. The molecule has 2 aliphatic rings. The normalized spacial score (nSPS) is 19.7. The monoisotopic (exact) mass is 422 g/mol. The second-order valence-corrected chi connectivity index (χ2v) is 8.74. The number of ether oxygens (including phenoxy) is 2. The molecule has 1 N–H and O–H groups in total. The van der Waals surface area contributed by atoms with Crippen LogP contribution in [0.4, 0.5) is 11.4 Å². The van der Waals surface area contributed by atoms with Crippen molar-refractivity contribution in [2.24, 2.45) is 5.92 Å². The molecule has 1 unspecified atom stereocenters. The van der Waals surface area contributed by atoms with Crippen LogP contribution < -0.4 is 19.1 Å². The molecule has 0 aliphatic carbocycles. The maximum absolute atomic E-state index is 12.7. The Morgan fingerprint density at radius 2 is 1.93 bits per heavy atom. The zero-order valence-electron chi connectivity index (χ0n) is 14.6. The third-order valence-corrected chi connectivity index (χ3v) is 6.62. The van der Waals surface area contributed by atoms with Gasteiger partial charge in [0.1, 0.15) is 0 Å². The summed E-state index contributed by atoms with van der Waals surface area (Å²) in [5, 5.41) is 2.80. The van der Waals surface area contributed by atoms with E-state index < -0.39 is 27.8 Å². The van der Waals surface area contributed by atoms with Gasteiger partial charge in [0.05, 0.1) is 27.9 Å². The molecular formula is C18H15ClN2O6S. The van der Waals surface area contributed by atoms with Crippen LogP contribution in [0.15, 0.2) is 36.4 Å². The number of carbonyl (C=O) groups excluding carboxylic acids is 2. The number of anilines is 2. The molecule has 1 fully saturated rings. The lowest BCUT2D eigenvalue weighted by Crippen LogP contribution is -2.30. The Kier molecular flexibility index (Phi) is 4.43. The Hall–Kier alpha value is -2.78. The number of hydrogen-bond donors (Lipinski definition) is 1. The van der Waals surface area contributed by atoms with Gasteiger partial charge < -0.3 is 14.8 Å². The Labute approximate surface area is 166 Å². The van der Waals surface area contributed by atoms with Crippen molar-refractivity contribution in [2.45, 2.75) is 6.92 Å². The molecule has 28 heavy (non-hydrogen) atoms. The molecule has 2 amide bonds. The highest BCUT2D eigenvalue weighted by Gasteiger charge is 2.42. The molecule has 2 aliphatic heterocycles. The molecule has 4 rings (SSSR count). The molecule has 0 saturated carbocycles. The average molecular weight is 423 g/mol. The van der Waals surface area contributed by atoms with Crippen LogP contribution in [0, 0.1) is 5.92 Å². The van der Waals surface area contributed by atoms with Crippen molar-refractivity contribution in [1.82, 2.24) is 0 Å². The molecule has 2 aromatic carbocycles. The first kappa shape index (κ1) is 18.6. The summed E-state index contributed by atoms with van der Waals surface area (Å²) < 4.78 is 35.8. The third kappa shape index (κ3) is 3.16. The number of benzene rings is 2. The van der Waals surface area contributed by atoms with E-state index in [1.165, 1.54) is 18.2 Å². The number of fused-ring (bicyclic) bond motifs is 1. The van der Waals surface area contributed by atoms with E-state index in [0.717, 1.165) is 4.31 Å². The summed E-state index contributed by atoms with van der Waals surface area (Å²) in [4.78, 5) is 25.0. The highest BCUT2D eigenvalue weighted by molar-refractivity contribution is 7.94. The molecule has 2 aromatic rings. The van der Waals surface area contributed by atoms with Crippen molar-refractivity contribution in [3.8, 4) is 11.5 Å². The van der Waals surface area contributed by atoms with Crippen molar-refractivity contribution < 1.29 is 27.5 Å². The molecule has 0 spiro atoms. The van der Waals surface area contributed by atoms with E-state index in [2.05, 4.69) is 5.32 Å². The second-order valence-electron chi connectivity index (χ2n) is 6.47. The van der Waals surface area contributed by atoms with Gasteiger partial charge in [-0.3, -0.25) is 9.59 Å². The van der Waals surface area contributed by atoms with E-state index in [9.17, 15) is 18.0 Å². The lowest BCUT2D eigenvalue weighted by Gasteiger charge is -2.17. The Morgan fingerprint density at radius 1 is 1.18 bits per heavy atom. The molecule has 0 radical (unpaired) electrons. The summed E-state index contributed by atoms with van der Waals surface area (Å²) in [5.74, 6) is -0.933. The van der Waals surface area contributed by atoms with Gasteiger partial charge in [-0.2, -0.15) is 0 Å². The van der Waals surface area contributed by atoms with Crippen molar-refractivity contribution in [1.29, 1.82) is 0 Å². The first-order valence-corrected chi connectivity index (χ1v) is 10.3. The van der Waals surface area contributed by atoms with Crippen LogP contribution in [-0.2, 0) is 14.8 Å². The minimum atomic E-state index is -3.78. The minimum absolute atomic E-state index is 0.0411. The van der Waals surface area contributed by atoms with Gasteiger partial charge in [0, 0.05) is 11.8 Å². The van der Waals surface area contributed by atoms with Crippen molar-refractivity contribution in [3.05, 3.63) is 47.0 Å². The SMILES string of the molecule is CC1CS(=O)(=O)N(c2ccc(Cl)c(C(=O)Nc3ccc4c(c3)OCO4)c2)C1=O. The smallest absolute Gasteiger partial charge is 0.257 e. The highest BCUT2D eigenvalue weighted by atomic mass is 35.5. The maximum Gasteiger partial charge on any atom is 0.257 e. The quantitative estimate of drug-likeness (QED) is 0.815. The fraction of sp³-hybridized carbons (Fsp3) is 0.222. The summed E-state index contributed by atoms with van der Waals surface area (Å²) in [6, 6.07) is 8.98. The van der Waals surface area contributed by atoms with Gasteiger partial charge in [0.2, 0.25) is 22.7 Å². The van der Waals surface area contributed by atoms with E-state index >= 15 is 0 Å². The number of amides is 2. The number of nitrogens with one attached hydrogen (secondary N) is 1. The van der Waals surface area contributed by atoms with Gasteiger partial charge in [-0.05, 0) is 30.3 Å². The number of nitrogens with zero attached hydrogens (tertiary/aromatic N) is 1. The Balaban J connectivity index is 1.64. The largest absolute Gasteiger partial charge is 0.454 e. The van der Waals surface area contributed by atoms with Gasteiger partial charge in [0.25, 0.3) is 5.91 Å². The van der Waals surface area contributed by atoms with E-state index in [0.29, 0.717) is 17.2 Å². The van der Waals surface area contributed by atoms with Crippen LogP contribution in [0.3, 0.4) is 0 Å². The van der Waals surface area contributed by atoms with Crippen LogP contribution in [0.25, 0.3) is 0 Å². The van der Waals surface area contributed by atoms with Crippen LogP contribution in [0.1, 0.15) is 17.3 Å². The summed E-state index contributed by atoms with van der Waals surface area (Å²) >= 11 is 6.14. The summed E-state index contributed by atoms with van der Waals surface area (Å²) in [7, 11) is -3.78. The first-order valence-electron chi connectivity index (χ1n) is 8.33. The molecular weight excluding hydrogens is 408 g/mol. The molecule has 2 heterocycles. The Bertz CT molecular complexity index is 1100. The average Bonchev–Trinajstić information content (AvgIpc) is 3.17. The third-order valence-electron chi connectivity index (χ3n) is 4.42. The van der Waals surface area contributed by atoms with Gasteiger partial charge in [-0.1, -0.05) is 18.5 Å². The maximum atomic E-state index is 12.7. The molecule has 0 bridgehead atoms. The number of sulfonamides is 1. The van der Waals surface area contributed by atoms with Crippen molar-refractivity contribution >= 4 is 44.8 Å². The summed E-state index contributed by atoms with van der Waals surface area (Å²) in [6.07, 6.45) is 0. The van der Waals surface area contributed by atoms with E-state index in [1.54, 1.807) is 25.1 Å². The summed E-state index contributed by atoms with van der Waals surface area (Å²) in [5.41, 5.74) is 0.572. The van der Waals surface area contributed by atoms with E-state index in [1.807, 2.05) is 0 Å². The van der Waals surface area contributed by atoms with Crippen molar-refractivity contribution in [2.75, 3.05) is 22.2 Å². The zero-order chi connectivity index (χ0) is 20.1. The fourth-order valence-electron chi connectivity index (χ4n) is 3.07. The van der Waals surface area contributed by atoms with Gasteiger partial charge in [0.15, 0.2) is 11.5 Å². The van der Waals surface area contributed by atoms with Crippen molar-refractivity contribution in [3.63, 3.8) is 0 Å². The number of carbonyl (C=O) groups is 2. The van der Waals surface area contributed by atoms with E-state index in [4.69, 9.17) is 21.1 Å². The molecule has 146 valence electrons. The lowest BCUT2D eigenvalue weighted by molar-refractivity contribution is -0.119. The number of hydrogen-bond acceptors (Lipinski definition) is 6. The molecule has 1 saturated heterocycles. The zero-order valence-corrected chi connectivity index (χ0v) is 16.2. The number of rotatable bonds is 3. The van der Waals surface area contributed by atoms with Crippen LogP contribution in [-0.4, -0.2) is 32.8 Å². The second kappa shape index (κ2) is 6.68.